The topological polar surface area (TPSA) is 3.24 Å². The molecule has 0 spiro atoms. The molecule has 1 heterocycles. The number of benzene rings is 2. The molecule has 0 fully saturated rings. The molecular weight excluding hydrogens is 268 g/mol. The van der Waals surface area contributed by atoms with Gasteiger partial charge in [-0.1, -0.05) is 6.07 Å². The van der Waals surface area contributed by atoms with Crippen LogP contribution >= 0.6 is 11.6 Å². The average Bonchev–Trinajstić information content (AvgIpc) is 2.80. The van der Waals surface area contributed by atoms with Gasteiger partial charge in [0.25, 0.3) is 0 Å². The van der Waals surface area contributed by atoms with E-state index < -0.39 is 0 Å². The number of rotatable bonds is 2. The quantitative estimate of drug-likeness (QED) is 0.737. The second kappa shape index (κ2) is 4.82. The third-order valence-electron chi connectivity index (χ3n) is 3.35. The van der Waals surface area contributed by atoms with Crippen molar-refractivity contribution in [2.24, 2.45) is 0 Å². The summed E-state index contributed by atoms with van der Waals surface area (Å²) in [6.45, 7) is 0.726. The number of anilines is 2. The molecule has 0 N–H and O–H groups in total. The smallest absolute Gasteiger partial charge is 0.125 e. The van der Waals surface area contributed by atoms with E-state index in [9.17, 15) is 8.78 Å². The van der Waals surface area contributed by atoms with Crippen molar-refractivity contribution in [1.29, 1.82) is 0 Å². The fourth-order valence-corrected chi connectivity index (χ4v) is 2.64. The van der Waals surface area contributed by atoms with Crippen LogP contribution < -0.4 is 4.90 Å². The Balaban J connectivity index is 2.06. The SMILES string of the molecule is Fc1cc(CCl)cc(N2CCc3ccc(F)cc32)c1. The summed E-state index contributed by atoms with van der Waals surface area (Å²) < 4.78 is 26.9. The zero-order valence-corrected chi connectivity index (χ0v) is 10.9. The molecule has 3 rings (SSSR count). The van der Waals surface area contributed by atoms with Crippen molar-refractivity contribution in [2.75, 3.05) is 11.4 Å². The van der Waals surface area contributed by atoms with Gasteiger partial charge in [0.1, 0.15) is 11.6 Å². The zero-order valence-electron chi connectivity index (χ0n) is 10.2. The third-order valence-corrected chi connectivity index (χ3v) is 3.66. The van der Waals surface area contributed by atoms with Crippen LogP contribution in [0.4, 0.5) is 20.2 Å². The Kier molecular flexibility index (Phi) is 3.15. The molecule has 2 aromatic carbocycles. The van der Waals surface area contributed by atoms with Gasteiger partial charge in [0.15, 0.2) is 0 Å². The molecule has 0 unspecified atom stereocenters. The maximum absolute atomic E-state index is 13.6. The molecule has 0 saturated carbocycles. The lowest BCUT2D eigenvalue weighted by atomic mass is 10.1. The van der Waals surface area contributed by atoms with Gasteiger partial charge in [0, 0.05) is 23.8 Å². The van der Waals surface area contributed by atoms with Crippen LogP contribution in [0.2, 0.25) is 0 Å². The Labute approximate surface area is 115 Å². The first-order valence-electron chi connectivity index (χ1n) is 6.09. The first-order valence-corrected chi connectivity index (χ1v) is 6.62. The van der Waals surface area contributed by atoms with Crippen molar-refractivity contribution in [3.63, 3.8) is 0 Å². The van der Waals surface area contributed by atoms with E-state index in [1.54, 1.807) is 6.07 Å². The predicted molar refractivity (Wildman–Crippen MR) is 73.1 cm³/mol. The molecule has 2 aromatic rings. The Morgan fingerprint density at radius 3 is 2.68 bits per heavy atom. The molecule has 0 bridgehead atoms. The lowest BCUT2D eigenvalue weighted by Gasteiger charge is -2.20. The molecular formula is C15H12ClF2N. The molecule has 1 aliphatic rings. The normalized spacial score (nSPS) is 13.7. The molecule has 1 nitrogen and oxygen atoms in total. The monoisotopic (exact) mass is 279 g/mol. The Morgan fingerprint density at radius 1 is 1.05 bits per heavy atom. The molecule has 0 atom stereocenters. The summed E-state index contributed by atoms with van der Waals surface area (Å²) in [4.78, 5) is 1.93. The molecule has 0 radical (unpaired) electrons. The average molecular weight is 280 g/mol. The van der Waals surface area contributed by atoms with Crippen molar-refractivity contribution in [1.82, 2.24) is 0 Å². The molecule has 98 valence electrons. The van der Waals surface area contributed by atoms with Crippen LogP contribution in [0.25, 0.3) is 0 Å². The number of hydrogen-bond acceptors (Lipinski definition) is 1. The summed E-state index contributed by atoms with van der Waals surface area (Å²) in [5, 5.41) is 0. The number of nitrogens with zero attached hydrogens (tertiary/aromatic N) is 1. The van der Waals surface area contributed by atoms with E-state index in [4.69, 9.17) is 11.6 Å². The van der Waals surface area contributed by atoms with E-state index in [0.717, 1.165) is 35.5 Å². The van der Waals surface area contributed by atoms with Crippen LogP contribution in [0.15, 0.2) is 36.4 Å². The number of alkyl halides is 1. The molecule has 0 aromatic heterocycles. The third kappa shape index (κ3) is 2.30. The summed E-state index contributed by atoms with van der Waals surface area (Å²) >= 11 is 5.76. The number of halogens is 3. The summed E-state index contributed by atoms with van der Waals surface area (Å²) in [6.07, 6.45) is 0.836. The molecule has 1 aliphatic heterocycles. The van der Waals surface area contributed by atoms with Crippen LogP contribution in [0.1, 0.15) is 11.1 Å². The second-order valence-electron chi connectivity index (χ2n) is 4.63. The highest BCUT2D eigenvalue weighted by molar-refractivity contribution is 6.17. The maximum Gasteiger partial charge on any atom is 0.125 e. The first-order chi connectivity index (χ1) is 9.17. The lowest BCUT2D eigenvalue weighted by Crippen LogP contribution is -2.13. The Bertz CT molecular complexity index is 628. The lowest BCUT2D eigenvalue weighted by molar-refractivity contribution is 0.626. The van der Waals surface area contributed by atoms with Crippen LogP contribution in [0.3, 0.4) is 0 Å². The minimum absolute atomic E-state index is 0.259. The predicted octanol–water partition coefficient (Wildman–Crippen LogP) is 4.40. The van der Waals surface area contributed by atoms with Gasteiger partial charge in [0.2, 0.25) is 0 Å². The molecule has 0 amide bonds. The fourth-order valence-electron chi connectivity index (χ4n) is 2.49. The Morgan fingerprint density at radius 2 is 1.89 bits per heavy atom. The Hall–Kier alpha value is -1.61. The molecule has 4 heteroatoms. The fraction of sp³-hybridized carbons (Fsp3) is 0.200. The van der Waals surface area contributed by atoms with Gasteiger partial charge in [0.05, 0.1) is 0 Å². The highest BCUT2D eigenvalue weighted by atomic mass is 35.5. The minimum atomic E-state index is -0.321. The van der Waals surface area contributed by atoms with Crippen LogP contribution in [-0.2, 0) is 12.3 Å². The number of hydrogen-bond donors (Lipinski definition) is 0. The largest absolute Gasteiger partial charge is 0.341 e. The van der Waals surface area contributed by atoms with Crippen molar-refractivity contribution in [3.05, 3.63) is 59.2 Å². The van der Waals surface area contributed by atoms with E-state index in [1.165, 1.54) is 24.3 Å². The second-order valence-corrected chi connectivity index (χ2v) is 4.89. The summed E-state index contributed by atoms with van der Waals surface area (Å²) in [6, 6.07) is 9.45. The van der Waals surface area contributed by atoms with E-state index >= 15 is 0 Å². The molecule has 0 aliphatic carbocycles. The van der Waals surface area contributed by atoms with E-state index in [1.807, 2.05) is 11.0 Å². The van der Waals surface area contributed by atoms with Crippen LogP contribution in [0, 0.1) is 11.6 Å². The highest BCUT2D eigenvalue weighted by Crippen LogP contribution is 2.35. The highest BCUT2D eigenvalue weighted by Gasteiger charge is 2.21. The van der Waals surface area contributed by atoms with Gasteiger partial charge >= 0.3 is 0 Å². The van der Waals surface area contributed by atoms with Gasteiger partial charge in [-0.25, -0.2) is 8.78 Å². The van der Waals surface area contributed by atoms with Crippen LogP contribution in [-0.4, -0.2) is 6.54 Å². The standard InChI is InChI=1S/C15H12ClF2N/c16-9-10-5-13(18)7-14(6-10)19-4-3-11-1-2-12(17)8-15(11)19/h1-2,5-8H,3-4,9H2. The minimum Gasteiger partial charge on any atom is -0.341 e. The van der Waals surface area contributed by atoms with E-state index in [0.29, 0.717) is 0 Å². The summed E-state index contributed by atoms with van der Waals surface area (Å²) in [5.74, 6) is -0.341. The van der Waals surface area contributed by atoms with Gasteiger partial charge in [-0.05, 0) is 47.9 Å². The van der Waals surface area contributed by atoms with Gasteiger partial charge in [-0.2, -0.15) is 0 Å². The van der Waals surface area contributed by atoms with Crippen molar-refractivity contribution < 1.29 is 8.78 Å². The van der Waals surface area contributed by atoms with Crippen molar-refractivity contribution in [2.45, 2.75) is 12.3 Å². The summed E-state index contributed by atoms with van der Waals surface area (Å²) in [5.41, 5.74) is 3.34. The van der Waals surface area contributed by atoms with Gasteiger partial charge < -0.3 is 4.90 Å². The maximum atomic E-state index is 13.6. The first kappa shape index (κ1) is 12.4. The summed E-state index contributed by atoms with van der Waals surface area (Å²) in [7, 11) is 0. The molecule has 19 heavy (non-hydrogen) atoms. The van der Waals surface area contributed by atoms with Crippen LogP contribution in [0.5, 0.6) is 0 Å². The van der Waals surface area contributed by atoms with Crippen molar-refractivity contribution in [3.8, 4) is 0 Å². The van der Waals surface area contributed by atoms with Gasteiger partial charge in [-0.3, -0.25) is 0 Å². The zero-order chi connectivity index (χ0) is 13.4. The van der Waals surface area contributed by atoms with Crippen molar-refractivity contribution >= 4 is 23.0 Å². The van der Waals surface area contributed by atoms with E-state index in [-0.39, 0.29) is 17.5 Å². The van der Waals surface area contributed by atoms with E-state index in [2.05, 4.69) is 0 Å². The van der Waals surface area contributed by atoms with Gasteiger partial charge in [-0.15, -0.1) is 11.6 Å². The molecule has 0 saturated heterocycles. The number of fused-ring (bicyclic) bond motifs is 1.